The molecule has 0 spiro atoms. The van der Waals surface area contributed by atoms with Crippen LogP contribution in [0.15, 0.2) is 60.7 Å². The standard InChI is InChI=1S/C24H28O8/c1-17(2)15-31-23(25)29-11-9-27-21-7-5-20-14-22(8-6-19(20)13-21)28-10-12-30-24(26)32-16-18(3)4/h5-8,13-14H,1,3,9-12,15-16H2,2,4H3. The zero-order valence-corrected chi connectivity index (χ0v) is 18.4. The summed E-state index contributed by atoms with van der Waals surface area (Å²) >= 11 is 0. The van der Waals surface area contributed by atoms with Gasteiger partial charge in [-0.2, -0.15) is 0 Å². The summed E-state index contributed by atoms with van der Waals surface area (Å²) < 4.78 is 30.7. The van der Waals surface area contributed by atoms with Gasteiger partial charge in [-0.05, 0) is 60.0 Å². The molecule has 2 aromatic carbocycles. The fraction of sp³-hybridized carbons (Fsp3) is 0.333. The Bertz CT molecular complexity index is 873. The Kier molecular flexibility index (Phi) is 9.90. The second-order valence-electron chi connectivity index (χ2n) is 7.06. The van der Waals surface area contributed by atoms with Crippen LogP contribution >= 0.6 is 0 Å². The number of hydrogen-bond donors (Lipinski definition) is 0. The number of ether oxygens (including phenoxy) is 6. The molecule has 0 atom stereocenters. The maximum absolute atomic E-state index is 11.4. The first-order chi connectivity index (χ1) is 15.3. The summed E-state index contributed by atoms with van der Waals surface area (Å²) in [6.45, 7) is 11.6. The van der Waals surface area contributed by atoms with Gasteiger partial charge in [0.1, 0.15) is 51.1 Å². The Morgan fingerprint density at radius 2 is 1.06 bits per heavy atom. The van der Waals surface area contributed by atoms with Gasteiger partial charge in [-0.3, -0.25) is 0 Å². The molecule has 0 unspecified atom stereocenters. The lowest BCUT2D eigenvalue weighted by Crippen LogP contribution is -2.14. The van der Waals surface area contributed by atoms with Gasteiger partial charge in [0.2, 0.25) is 0 Å². The molecule has 172 valence electrons. The van der Waals surface area contributed by atoms with Crippen LogP contribution in [-0.4, -0.2) is 52.0 Å². The van der Waals surface area contributed by atoms with E-state index in [0.717, 1.165) is 21.9 Å². The zero-order chi connectivity index (χ0) is 23.3. The van der Waals surface area contributed by atoms with E-state index in [1.54, 1.807) is 13.8 Å². The highest BCUT2D eigenvalue weighted by Crippen LogP contribution is 2.25. The van der Waals surface area contributed by atoms with Crippen molar-refractivity contribution in [1.29, 1.82) is 0 Å². The topological polar surface area (TPSA) is 89.5 Å². The van der Waals surface area contributed by atoms with E-state index in [1.807, 2.05) is 36.4 Å². The molecule has 8 heteroatoms. The highest BCUT2D eigenvalue weighted by atomic mass is 16.7. The van der Waals surface area contributed by atoms with Gasteiger partial charge in [0, 0.05) is 0 Å². The smallest absolute Gasteiger partial charge is 0.490 e. The molecule has 8 nitrogen and oxygen atoms in total. The van der Waals surface area contributed by atoms with Gasteiger partial charge in [0.15, 0.2) is 0 Å². The molecule has 0 fully saturated rings. The van der Waals surface area contributed by atoms with Crippen molar-refractivity contribution in [1.82, 2.24) is 0 Å². The van der Waals surface area contributed by atoms with E-state index >= 15 is 0 Å². The van der Waals surface area contributed by atoms with Crippen molar-refractivity contribution in [2.75, 3.05) is 39.6 Å². The van der Waals surface area contributed by atoms with E-state index in [4.69, 9.17) is 28.4 Å². The van der Waals surface area contributed by atoms with Gasteiger partial charge in [-0.15, -0.1) is 0 Å². The molecule has 0 bridgehead atoms. The SMILES string of the molecule is C=C(C)COC(=O)OCCOc1ccc2cc(OCCOC(=O)OCC(=C)C)ccc2c1. The fourth-order valence-electron chi connectivity index (χ4n) is 2.40. The quantitative estimate of drug-likeness (QED) is 0.255. The van der Waals surface area contributed by atoms with E-state index in [9.17, 15) is 9.59 Å². The van der Waals surface area contributed by atoms with E-state index in [-0.39, 0.29) is 39.6 Å². The van der Waals surface area contributed by atoms with Gasteiger partial charge < -0.3 is 28.4 Å². The first kappa shape index (κ1) is 24.6. The van der Waals surface area contributed by atoms with Crippen LogP contribution in [-0.2, 0) is 18.9 Å². The molecule has 2 aromatic rings. The van der Waals surface area contributed by atoms with Crippen LogP contribution in [0.4, 0.5) is 9.59 Å². The molecule has 0 heterocycles. The second kappa shape index (κ2) is 12.9. The average Bonchev–Trinajstić information content (AvgIpc) is 2.76. The summed E-state index contributed by atoms with van der Waals surface area (Å²) in [5, 5.41) is 1.91. The molecule has 32 heavy (non-hydrogen) atoms. The Morgan fingerprint density at radius 1 is 0.656 bits per heavy atom. The summed E-state index contributed by atoms with van der Waals surface area (Å²) in [4.78, 5) is 22.7. The first-order valence-corrected chi connectivity index (χ1v) is 10.0. The number of carbonyl (C=O) groups is 2. The summed E-state index contributed by atoms with van der Waals surface area (Å²) in [7, 11) is 0. The zero-order valence-electron chi connectivity index (χ0n) is 18.4. The summed E-state index contributed by atoms with van der Waals surface area (Å²) in [5.41, 5.74) is 1.46. The lowest BCUT2D eigenvalue weighted by atomic mass is 10.1. The number of benzene rings is 2. The van der Waals surface area contributed by atoms with E-state index in [0.29, 0.717) is 11.5 Å². The average molecular weight is 444 g/mol. The molecule has 0 saturated heterocycles. The minimum absolute atomic E-state index is 0.0721. The molecule has 2 rings (SSSR count). The molecule has 0 radical (unpaired) electrons. The van der Waals surface area contributed by atoms with Crippen molar-refractivity contribution in [2.45, 2.75) is 13.8 Å². The van der Waals surface area contributed by atoms with Crippen LogP contribution in [0.3, 0.4) is 0 Å². The van der Waals surface area contributed by atoms with Crippen LogP contribution < -0.4 is 9.47 Å². The minimum Gasteiger partial charge on any atom is -0.490 e. The molecule has 0 N–H and O–H groups in total. The highest BCUT2D eigenvalue weighted by molar-refractivity contribution is 5.85. The predicted molar refractivity (Wildman–Crippen MR) is 119 cm³/mol. The van der Waals surface area contributed by atoms with E-state index < -0.39 is 12.3 Å². The van der Waals surface area contributed by atoms with E-state index in [2.05, 4.69) is 13.2 Å². The third kappa shape index (κ3) is 9.42. The highest BCUT2D eigenvalue weighted by Gasteiger charge is 2.06. The molecule has 0 aromatic heterocycles. The van der Waals surface area contributed by atoms with Crippen LogP contribution in [0.25, 0.3) is 10.8 Å². The monoisotopic (exact) mass is 444 g/mol. The summed E-state index contributed by atoms with van der Waals surface area (Å²) in [5.74, 6) is 1.29. The third-order valence-electron chi connectivity index (χ3n) is 3.80. The third-order valence-corrected chi connectivity index (χ3v) is 3.80. The maximum Gasteiger partial charge on any atom is 0.508 e. The van der Waals surface area contributed by atoms with Gasteiger partial charge in [-0.1, -0.05) is 25.3 Å². The molecule has 0 amide bonds. The number of rotatable bonds is 12. The Balaban J connectivity index is 1.73. The Hall–Kier alpha value is -3.68. The molecular formula is C24H28O8. The lowest BCUT2D eigenvalue weighted by Gasteiger charge is -2.10. The molecule has 0 aliphatic rings. The largest absolute Gasteiger partial charge is 0.508 e. The van der Waals surface area contributed by atoms with Crippen LogP contribution in [0.1, 0.15) is 13.8 Å². The van der Waals surface area contributed by atoms with Crippen LogP contribution in [0, 0.1) is 0 Å². The van der Waals surface area contributed by atoms with Crippen molar-refractivity contribution in [3.8, 4) is 11.5 Å². The first-order valence-electron chi connectivity index (χ1n) is 10.0. The molecule has 0 saturated carbocycles. The molecule has 0 aliphatic heterocycles. The number of carbonyl (C=O) groups excluding carboxylic acids is 2. The summed E-state index contributed by atoms with van der Waals surface area (Å²) in [6.07, 6.45) is -1.51. The Morgan fingerprint density at radius 3 is 1.44 bits per heavy atom. The fourth-order valence-corrected chi connectivity index (χ4v) is 2.40. The van der Waals surface area contributed by atoms with E-state index in [1.165, 1.54) is 0 Å². The van der Waals surface area contributed by atoms with Crippen molar-refractivity contribution >= 4 is 23.1 Å². The predicted octanol–water partition coefficient (Wildman–Crippen LogP) is 5.06. The Labute approximate surface area is 187 Å². The molecule has 0 aliphatic carbocycles. The van der Waals surface area contributed by atoms with Crippen LogP contribution in [0.2, 0.25) is 0 Å². The van der Waals surface area contributed by atoms with Gasteiger partial charge in [-0.25, -0.2) is 9.59 Å². The number of hydrogen-bond acceptors (Lipinski definition) is 8. The van der Waals surface area contributed by atoms with Gasteiger partial charge >= 0.3 is 12.3 Å². The van der Waals surface area contributed by atoms with Crippen molar-refractivity contribution < 1.29 is 38.0 Å². The normalized spacial score (nSPS) is 10.2. The lowest BCUT2D eigenvalue weighted by molar-refractivity contribution is 0.0511. The second-order valence-corrected chi connectivity index (χ2v) is 7.06. The van der Waals surface area contributed by atoms with Crippen molar-refractivity contribution in [3.05, 3.63) is 60.7 Å². The number of fused-ring (bicyclic) bond motifs is 1. The minimum atomic E-state index is -0.753. The van der Waals surface area contributed by atoms with Gasteiger partial charge in [0.05, 0.1) is 0 Å². The van der Waals surface area contributed by atoms with Crippen molar-refractivity contribution in [2.24, 2.45) is 0 Å². The summed E-state index contributed by atoms with van der Waals surface area (Å²) in [6, 6.07) is 11.2. The van der Waals surface area contributed by atoms with Crippen LogP contribution in [0.5, 0.6) is 11.5 Å². The maximum atomic E-state index is 11.4. The molecular weight excluding hydrogens is 416 g/mol. The van der Waals surface area contributed by atoms with Crippen molar-refractivity contribution in [3.63, 3.8) is 0 Å². The van der Waals surface area contributed by atoms with Gasteiger partial charge in [0.25, 0.3) is 0 Å².